The third kappa shape index (κ3) is 4.29. The number of amides is 1. The first-order valence-corrected chi connectivity index (χ1v) is 6.60. The molecule has 18 heavy (non-hydrogen) atoms. The Balaban J connectivity index is 2.38. The molecule has 1 fully saturated rings. The molecule has 1 rings (SSSR count). The fourth-order valence-corrected chi connectivity index (χ4v) is 2.55. The van der Waals surface area contributed by atoms with Crippen LogP contribution in [0.5, 0.6) is 0 Å². The molecule has 0 radical (unpaired) electrons. The molecule has 3 N–H and O–H groups in total. The van der Waals surface area contributed by atoms with Gasteiger partial charge in [0.05, 0.1) is 17.9 Å². The van der Waals surface area contributed by atoms with Gasteiger partial charge < -0.3 is 15.5 Å². The normalized spacial score (nSPS) is 25.1. The number of carboxylic acids is 1. The van der Waals surface area contributed by atoms with E-state index in [4.69, 9.17) is 5.11 Å². The molecule has 1 saturated carbocycles. The van der Waals surface area contributed by atoms with Crippen molar-refractivity contribution in [3.05, 3.63) is 0 Å². The molecule has 3 atom stereocenters. The minimum atomic E-state index is -0.893. The number of hydrogen-bond acceptors (Lipinski definition) is 3. The molecule has 1 amide bonds. The lowest BCUT2D eigenvalue weighted by atomic mass is 9.95. The van der Waals surface area contributed by atoms with Crippen LogP contribution >= 0.6 is 0 Å². The molecule has 0 aromatic heterocycles. The van der Waals surface area contributed by atoms with E-state index in [-0.39, 0.29) is 12.5 Å². The summed E-state index contributed by atoms with van der Waals surface area (Å²) in [6.45, 7) is 4.21. The lowest BCUT2D eigenvalue weighted by Gasteiger charge is -2.18. The van der Waals surface area contributed by atoms with Crippen molar-refractivity contribution in [2.45, 2.75) is 45.6 Å². The van der Waals surface area contributed by atoms with E-state index in [2.05, 4.69) is 5.32 Å². The average molecular weight is 257 g/mol. The Bertz CT molecular complexity index is 303. The lowest BCUT2D eigenvalue weighted by molar-refractivity contribution is -0.146. The molecular formula is C13H23NO4. The molecule has 104 valence electrons. The Hall–Kier alpha value is -1.10. The van der Waals surface area contributed by atoms with Gasteiger partial charge in [0.25, 0.3) is 0 Å². The summed E-state index contributed by atoms with van der Waals surface area (Å²) < 4.78 is 0. The highest BCUT2D eigenvalue weighted by atomic mass is 16.4. The summed E-state index contributed by atoms with van der Waals surface area (Å²) in [5.41, 5.74) is 0. The van der Waals surface area contributed by atoms with Gasteiger partial charge in [-0.15, -0.1) is 0 Å². The molecule has 0 aliphatic heterocycles. The zero-order valence-electron chi connectivity index (χ0n) is 11.1. The number of aliphatic hydroxyl groups is 1. The number of carboxylic acid groups (broad SMARTS) is 1. The van der Waals surface area contributed by atoms with Crippen molar-refractivity contribution < 1.29 is 19.8 Å². The fraction of sp³-hybridized carbons (Fsp3) is 0.846. The Labute approximate surface area is 108 Å². The van der Waals surface area contributed by atoms with Crippen LogP contribution in [0.2, 0.25) is 0 Å². The molecule has 0 bridgehead atoms. The number of aliphatic carboxylic acids is 1. The highest BCUT2D eigenvalue weighted by molar-refractivity contribution is 5.85. The van der Waals surface area contributed by atoms with Gasteiger partial charge in [0.1, 0.15) is 0 Å². The summed E-state index contributed by atoms with van der Waals surface area (Å²) in [6, 6.07) is 0. The Morgan fingerprint density at radius 3 is 2.44 bits per heavy atom. The summed E-state index contributed by atoms with van der Waals surface area (Å²) in [4.78, 5) is 22.8. The molecule has 0 heterocycles. The maximum atomic E-state index is 11.9. The molecule has 5 nitrogen and oxygen atoms in total. The molecule has 1 aliphatic rings. The van der Waals surface area contributed by atoms with Crippen LogP contribution in [0.15, 0.2) is 0 Å². The average Bonchev–Trinajstić information content (AvgIpc) is 2.73. The maximum Gasteiger partial charge on any atom is 0.307 e. The molecule has 0 saturated heterocycles. The highest BCUT2D eigenvalue weighted by Crippen LogP contribution is 2.31. The van der Waals surface area contributed by atoms with E-state index >= 15 is 0 Å². The van der Waals surface area contributed by atoms with Crippen LogP contribution < -0.4 is 5.32 Å². The van der Waals surface area contributed by atoms with E-state index in [1.54, 1.807) is 0 Å². The minimum absolute atomic E-state index is 0.208. The molecule has 0 spiro atoms. The van der Waals surface area contributed by atoms with Crippen LogP contribution in [0.3, 0.4) is 0 Å². The zero-order valence-corrected chi connectivity index (χ0v) is 11.1. The van der Waals surface area contributed by atoms with Gasteiger partial charge in [-0.05, 0) is 25.2 Å². The summed E-state index contributed by atoms with van der Waals surface area (Å²) in [6.07, 6.45) is 2.06. The van der Waals surface area contributed by atoms with Crippen molar-refractivity contribution in [3.63, 3.8) is 0 Å². The van der Waals surface area contributed by atoms with Gasteiger partial charge in [-0.3, -0.25) is 9.59 Å². The van der Waals surface area contributed by atoms with Gasteiger partial charge in [0.2, 0.25) is 5.91 Å². The van der Waals surface area contributed by atoms with Gasteiger partial charge in [0.15, 0.2) is 0 Å². The van der Waals surface area contributed by atoms with Gasteiger partial charge in [-0.1, -0.05) is 20.3 Å². The van der Waals surface area contributed by atoms with Crippen molar-refractivity contribution in [1.29, 1.82) is 0 Å². The molecule has 1 aliphatic carbocycles. The first-order valence-electron chi connectivity index (χ1n) is 6.60. The van der Waals surface area contributed by atoms with Crippen LogP contribution in [-0.2, 0) is 9.59 Å². The second-order valence-corrected chi connectivity index (χ2v) is 5.51. The van der Waals surface area contributed by atoms with E-state index in [0.717, 1.165) is 6.42 Å². The number of aliphatic hydroxyl groups excluding tert-OH is 1. The summed E-state index contributed by atoms with van der Waals surface area (Å²) in [5, 5.41) is 21.3. The van der Waals surface area contributed by atoms with E-state index < -0.39 is 23.9 Å². The molecule has 0 aromatic rings. The maximum absolute atomic E-state index is 11.9. The first kappa shape index (κ1) is 15.0. The Kier molecular flexibility index (Phi) is 5.59. The van der Waals surface area contributed by atoms with E-state index in [1.807, 2.05) is 13.8 Å². The summed E-state index contributed by atoms with van der Waals surface area (Å²) >= 11 is 0. The first-order chi connectivity index (χ1) is 8.41. The largest absolute Gasteiger partial charge is 0.481 e. The van der Waals surface area contributed by atoms with Crippen molar-refractivity contribution in [3.8, 4) is 0 Å². The second-order valence-electron chi connectivity index (χ2n) is 5.51. The van der Waals surface area contributed by atoms with Crippen LogP contribution in [0.4, 0.5) is 0 Å². The van der Waals surface area contributed by atoms with Crippen molar-refractivity contribution in [2.24, 2.45) is 17.8 Å². The van der Waals surface area contributed by atoms with Crippen molar-refractivity contribution in [1.82, 2.24) is 5.32 Å². The lowest BCUT2D eigenvalue weighted by Crippen LogP contribution is -2.39. The van der Waals surface area contributed by atoms with Crippen molar-refractivity contribution >= 4 is 11.9 Å². The second kappa shape index (κ2) is 6.73. The molecule has 0 aromatic carbocycles. The number of carbonyl (C=O) groups excluding carboxylic acids is 1. The van der Waals surface area contributed by atoms with Gasteiger partial charge in [-0.2, -0.15) is 0 Å². The number of rotatable bonds is 6. The van der Waals surface area contributed by atoms with Crippen LogP contribution in [0, 0.1) is 17.8 Å². The molecule has 5 heteroatoms. The van der Waals surface area contributed by atoms with Crippen LogP contribution in [0.25, 0.3) is 0 Å². The number of carbonyl (C=O) groups is 2. The van der Waals surface area contributed by atoms with E-state index in [1.165, 1.54) is 0 Å². The minimum Gasteiger partial charge on any atom is -0.481 e. The van der Waals surface area contributed by atoms with Crippen LogP contribution in [-0.4, -0.2) is 34.7 Å². The standard InChI is InChI=1S/C13H23NO4/c1-8(2)6-9(15)7-14-12(16)10-4-3-5-11(10)13(17)18/h8-11,15H,3-7H2,1-2H3,(H,14,16)(H,17,18)/t9?,10-,11+/m1/s1. The summed E-state index contributed by atoms with van der Waals surface area (Å²) in [7, 11) is 0. The quantitative estimate of drug-likeness (QED) is 0.663. The van der Waals surface area contributed by atoms with Gasteiger partial charge >= 0.3 is 5.97 Å². The number of nitrogens with one attached hydrogen (secondary N) is 1. The van der Waals surface area contributed by atoms with Gasteiger partial charge in [0, 0.05) is 6.54 Å². The Morgan fingerprint density at radius 2 is 1.89 bits per heavy atom. The molecular weight excluding hydrogens is 234 g/mol. The predicted octanol–water partition coefficient (Wildman–Crippen LogP) is 1.01. The zero-order chi connectivity index (χ0) is 13.7. The summed E-state index contributed by atoms with van der Waals surface area (Å²) in [5.74, 6) is -1.76. The fourth-order valence-electron chi connectivity index (χ4n) is 2.55. The molecule has 1 unspecified atom stereocenters. The van der Waals surface area contributed by atoms with Crippen molar-refractivity contribution in [2.75, 3.05) is 6.54 Å². The smallest absolute Gasteiger partial charge is 0.307 e. The highest BCUT2D eigenvalue weighted by Gasteiger charge is 2.37. The monoisotopic (exact) mass is 257 g/mol. The number of hydrogen-bond donors (Lipinski definition) is 3. The SMILES string of the molecule is CC(C)CC(O)CNC(=O)[C@@H]1CCC[C@@H]1C(=O)O. The van der Waals surface area contributed by atoms with Crippen LogP contribution in [0.1, 0.15) is 39.5 Å². The predicted molar refractivity (Wildman–Crippen MR) is 66.9 cm³/mol. The topological polar surface area (TPSA) is 86.6 Å². The third-order valence-corrected chi connectivity index (χ3v) is 3.43. The van der Waals surface area contributed by atoms with E-state index in [0.29, 0.717) is 25.2 Å². The third-order valence-electron chi connectivity index (χ3n) is 3.43. The van der Waals surface area contributed by atoms with E-state index in [9.17, 15) is 14.7 Å². The Morgan fingerprint density at radius 1 is 1.28 bits per heavy atom. The van der Waals surface area contributed by atoms with Gasteiger partial charge in [-0.25, -0.2) is 0 Å².